The van der Waals surface area contributed by atoms with Crippen molar-refractivity contribution >= 4 is 43.3 Å². The number of thiazole rings is 1. The molecule has 0 unspecified atom stereocenters. The molecule has 150 valence electrons. The van der Waals surface area contributed by atoms with E-state index >= 15 is 0 Å². The summed E-state index contributed by atoms with van der Waals surface area (Å²) in [5.41, 5.74) is 1.39. The number of aliphatic imine (C=N–C) groups is 1. The van der Waals surface area contributed by atoms with Gasteiger partial charge in [0, 0.05) is 5.56 Å². The first kappa shape index (κ1) is 19.5. The van der Waals surface area contributed by atoms with Gasteiger partial charge in [-0.1, -0.05) is 38.1 Å². The summed E-state index contributed by atoms with van der Waals surface area (Å²) in [7, 11) is -3.64. The van der Waals surface area contributed by atoms with Crippen molar-refractivity contribution < 1.29 is 13.2 Å². The number of sulfonamides is 1. The zero-order chi connectivity index (χ0) is 20.6. The van der Waals surface area contributed by atoms with Crippen LogP contribution >= 0.6 is 11.3 Å². The highest BCUT2D eigenvalue weighted by Crippen LogP contribution is 2.24. The van der Waals surface area contributed by atoms with Gasteiger partial charge in [-0.2, -0.15) is 0 Å². The van der Waals surface area contributed by atoms with Crippen LogP contribution in [0, 0.1) is 5.92 Å². The molecule has 1 aromatic heterocycles. The van der Waals surface area contributed by atoms with Crippen molar-refractivity contribution in [3.8, 4) is 0 Å². The summed E-state index contributed by atoms with van der Waals surface area (Å²) in [6, 6.07) is 13.7. The summed E-state index contributed by atoms with van der Waals surface area (Å²) in [5, 5.41) is 3.69. The van der Waals surface area contributed by atoms with E-state index in [4.69, 9.17) is 0 Å². The lowest BCUT2D eigenvalue weighted by Gasteiger charge is -2.17. The second kappa shape index (κ2) is 7.57. The fourth-order valence-corrected chi connectivity index (χ4v) is 5.29. The van der Waals surface area contributed by atoms with E-state index in [9.17, 15) is 13.2 Å². The molecule has 2 aromatic carbocycles. The highest BCUT2D eigenvalue weighted by Gasteiger charge is 2.32. The first-order valence-corrected chi connectivity index (χ1v) is 11.5. The molecule has 29 heavy (non-hydrogen) atoms. The van der Waals surface area contributed by atoms with Crippen molar-refractivity contribution in [3.05, 3.63) is 59.1 Å². The molecule has 0 saturated heterocycles. The molecule has 0 radical (unpaired) electrons. The second-order valence-corrected chi connectivity index (χ2v) is 9.83. The third kappa shape index (κ3) is 3.88. The van der Waals surface area contributed by atoms with E-state index in [-0.39, 0.29) is 22.6 Å². The van der Waals surface area contributed by atoms with E-state index in [1.54, 1.807) is 18.2 Å². The van der Waals surface area contributed by atoms with Gasteiger partial charge in [-0.05, 0) is 30.2 Å². The minimum Gasteiger partial charge on any atom is -0.348 e. The molecule has 1 aliphatic heterocycles. The number of benzene rings is 2. The van der Waals surface area contributed by atoms with Crippen molar-refractivity contribution in [1.29, 1.82) is 0 Å². The number of carbonyl (C=O) groups excluding carboxylic acids is 1. The molecule has 2 N–H and O–H groups in total. The normalized spacial score (nSPS) is 17.3. The van der Waals surface area contributed by atoms with Crippen LogP contribution in [0.2, 0.25) is 0 Å². The molecule has 1 amide bonds. The largest absolute Gasteiger partial charge is 0.348 e. The van der Waals surface area contributed by atoms with E-state index in [1.807, 2.05) is 38.1 Å². The van der Waals surface area contributed by atoms with Gasteiger partial charge in [0.05, 0.1) is 21.7 Å². The van der Waals surface area contributed by atoms with Crippen LogP contribution in [-0.4, -0.2) is 31.2 Å². The Morgan fingerprint density at radius 3 is 2.66 bits per heavy atom. The Morgan fingerprint density at radius 1 is 1.17 bits per heavy atom. The summed E-state index contributed by atoms with van der Waals surface area (Å²) in [6.07, 6.45) is 0. The van der Waals surface area contributed by atoms with Gasteiger partial charge in [-0.25, -0.2) is 13.4 Å². The third-order valence-electron chi connectivity index (χ3n) is 4.58. The number of amides is 1. The van der Waals surface area contributed by atoms with Crippen LogP contribution < -0.4 is 10.0 Å². The van der Waals surface area contributed by atoms with Crippen LogP contribution in [0.15, 0.2) is 58.4 Å². The number of hydrogen-bond acceptors (Lipinski definition) is 6. The minimum absolute atomic E-state index is 0.116. The quantitative estimate of drug-likeness (QED) is 0.652. The highest BCUT2D eigenvalue weighted by molar-refractivity contribution is 7.90. The SMILES string of the molecule is CC(C)[C@@H](N=C1NS(=O)(=O)c2ccccc21)C(=O)NCc1nc2ccccc2s1. The van der Waals surface area contributed by atoms with E-state index < -0.39 is 16.1 Å². The second-order valence-electron chi connectivity index (χ2n) is 7.06. The van der Waals surface area contributed by atoms with Crippen LogP contribution in [0.4, 0.5) is 0 Å². The third-order valence-corrected chi connectivity index (χ3v) is 7.02. The van der Waals surface area contributed by atoms with Gasteiger partial charge in [0.1, 0.15) is 16.9 Å². The molecule has 9 heteroatoms. The lowest BCUT2D eigenvalue weighted by Crippen LogP contribution is -2.38. The maximum atomic E-state index is 12.8. The molecule has 2 heterocycles. The molecular formula is C20H20N4O3S2. The number of hydrogen-bond donors (Lipinski definition) is 2. The number of rotatable bonds is 5. The molecule has 0 bridgehead atoms. The molecular weight excluding hydrogens is 408 g/mol. The molecule has 0 spiro atoms. The van der Waals surface area contributed by atoms with Crippen LogP contribution in [0.3, 0.4) is 0 Å². The summed E-state index contributed by atoms with van der Waals surface area (Å²) in [6.45, 7) is 4.05. The topological polar surface area (TPSA) is 101 Å². The van der Waals surface area contributed by atoms with Gasteiger partial charge < -0.3 is 5.32 Å². The van der Waals surface area contributed by atoms with Crippen molar-refractivity contribution in [2.75, 3.05) is 0 Å². The van der Waals surface area contributed by atoms with Gasteiger partial charge in [0.2, 0.25) is 5.91 Å². The van der Waals surface area contributed by atoms with Gasteiger partial charge in [-0.3, -0.25) is 14.5 Å². The summed E-state index contributed by atoms with van der Waals surface area (Å²) < 4.78 is 28.1. The molecule has 1 aliphatic rings. The summed E-state index contributed by atoms with van der Waals surface area (Å²) in [4.78, 5) is 22.0. The molecule has 0 saturated carbocycles. The van der Waals surface area contributed by atoms with E-state index in [1.165, 1.54) is 17.4 Å². The maximum absolute atomic E-state index is 12.8. The standard InChI is InChI=1S/C20H20N4O3S2/c1-12(2)18(23-19-13-7-3-6-10-16(13)29(26,27)24-19)20(25)21-11-17-22-14-8-4-5-9-15(14)28-17/h3-10,12,18H,11H2,1-2H3,(H,21,25)(H,23,24)/t18-/m1/s1. The Bertz CT molecular complexity index is 1180. The van der Waals surface area contributed by atoms with Crippen LogP contribution in [0.25, 0.3) is 10.2 Å². The predicted molar refractivity (Wildman–Crippen MR) is 113 cm³/mol. The zero-order valence-corrected chi connectivity index (χ0v) is 17.5. The number of nitrogens with one attached hydrogen (secondary N) is 2. The number of aromatic nitrogens is 1. The monoisotopic (exact) mass is 428 g/mol. The van der Waals surface area contributed by atoms with E-state index in [0.29, 0.717) is 12.1 Å². The molecule has 4 rings (SSSR count). The summed E-state index contributed by atoms with van der Waals surface area (Å²) in [5.74, 6) is -0.181. The lowest BCUT2D eigenvalue weighted by atomic mass is 10.0. The number of fused-ring (bicyclic) bond motifs is 2. The summed E-state index contributed by atoms with van der Waals surface area (Å²) >= 11 is 1.53. The van der Waals surface area contributed by atoms with E-state index in [0.717, 1.165) is 15.2 Å². The Hall–Kier alpha value is -2.78. The molecule has 3 aromatic rings. The molecule has 7 nitrogen and oxygen atoms in total. The Balaban J connectivity index is 1.55. The number of nitrogens with zero attached hydrogens (tertiary/aromatic N) is 2. The van der Waals surface area contributed by atoms with Crippen molar-refractivity contribution in [2.24, 2.45) is 10.9 Å². The van der Waals surface area contributed by atoms with Gasteiger partial charge in [0.25, 0.3) is 10.0 Å². The smallest absolute Gasteiger partial charge is 0.263 e. The Labute approximate surface area is 172 Å². The first-order chi connectivity index (χ1) is 13.8. The van der Waals surface area contributed by atoms with E-state index in [2.05, 4.69) is 20.0 Å². The van der Waals surface area contributed by atoms with Gasteiger partial charge in [0.15, 0.2) is 0 Å². The highest BCUT2D eigenvalue weighted by atomic mass is 32.2. The van der Waals surface area contributed by atoms with Gasteiger partial charge >= 0.3 is 0 Å². The number of amidine groups is 1. The average Bonchev–Trinajstić information content (AvgIpc) is 3.22. The van der Waals surface area contributed by atoms with Crippen LogP contribution in [0.1, 0.15) is 24.4 Å². The Kier molecular flexibility index (Phi) is 5.10. The molecule has 0 fully saturated rings. The fourth-order valence-electron chi connectivity index (χ4n) is 3.14. The fraction of sp³-hybridized carbons (Fsp3) is 0.250. The zero-order valence-electron chi connectivity index (χ0n) is 15.9. The van der Waals surface area contributed by atoms with Crippen molar-refractivity contribution in [1.82, 2.24) is 15.0 Å². The van der Waals surface area contributed by atoms with Crippen LogP contribution in [-0.2, 0) is 21.4 Å². The van der Waals surface area contributed by atoms with Gasteiger partial charge in [-0.15, -0.1) is 11.3 Å². The maximum Gasteiger partial charge on any atom is 0.263 e. The minimum atomic E-state index is -3.64. The first-order valence-electron chi connectivity index (χ1n) is 9.17. The number of para-hydroxylation sites is 1. The number of carbonyl (C=O) groups is 1. The Morgan fingerprint density at radius 2 is 1.90 bits per heavy atom. The average molecular weight is 429 g/mol. The van der Waals surface area contributed by atoms with Crippen molar-refractivity contribution in [2.45, 2.75) is 31.3 Å². The van der Waals surface area contributed by atoms with Crippen molar-refractivity contribution in [3.63, 3.8) is 0 Å². The predicted octanol–water partition coefficient (Wildman–Crippen LogP) is 2.68. The van der Waals surface area contributed by atoms with Crippen LogP contribution in [0.5, 0.6) is 0 Å². The lowest BCUT2D eigenvalue weighted by molar-refractivity contribution is -0.123. The molecule has 1 atom stereocenters. The molecule has 0 aliphatic carbocycles.